The number of hydrogen-bond acceptors (Lipinski definition) is 6. The average Bonchev–Trinajstić information content (AvgIpc) is 2.98. The van der Waals surface area contributed by atoms with E-state index >= 15 is 0 Å². The lowest BCUT2D eigenvalue weighted by molar-refractivity contribution is -0.385. The maximum absolute atomic E-state index is 12.9. The van der Waals surface area contributed by atoms with Gasteiger partial charge in [-0.2, -0.15) is 4.52 Å². The Kier molecular flexibility index (Phi) is 4.26. The van der Waals surface area contributed by atoms with Gasteiger partial charge in [0.25, 0.3) is 12.1 Å². The van der Waals surface area contributed by atoms with Gasteiger partial charge in [0.2, 0.25) is 5.82 Å². The Balaban J connectivity index is 1.89. The van der Waals surface area contributed by atoms with Gasteiger partial charge in [0, 0.05) is 11.6 Å². The van der Waals surface area contributed by atoms with Crippen LogP contribution in [0.5, 0.6) is 0 Å². The van der Waals surface area contributed by atoms with E-state index in [1.54, 1.807) is 32.0 Å². The predicted molar refractivity (Wildman–Crippen MR) is 85.6 cm³/mol. The number of nitro benzene ring substituents is 1. The summed E-state index contributed by atoms with van der Waals surface area (Å²) in [6, 6.07) is 7.68. The molecule has 130 valence electrons. The van der Waals surface area contributed by atoms with Crippen LogP contribution in [0, 0.1) is 17.0 Å². The van der Waals surface area contributed by atoms with Crippen LogP contribution in [0.3, 0.4) is 0 Å². The summed E-state index contributed by atoms with van der Waals surface area (Å²) in [4.78, 5) is 10.6. The highest BCUT2D eigenvalue weighted by Gasteiger charge is 2.18. The van der Waals surface area contributed by atoms with Crippen molar-refractivity contribution in [1.29, 1.82) is 0 Å². The molecule has 0 aliphatic rings. The molecule has 0 fully saturated rings. The highest BCUT2D eigenvalue weighted by molar-refractivity contribution is 5.48. The highest BCUT2D eigenvalue weighted by atomic mass is 19.3. The van der Waals surface area contributed by atoms with Gasteiger partial charge in [-0.3, -0.25) is 10.1 Å². The van der Waals surface area contributed by atoms with Crippen molar-refractivity contribution in [3.63, 3.8) is 0 Å². The quantitative estimate of drug-likeness (QED) is 0.560. The summed E-state index contributed by atoms with van der Waals surface area (Å²) in [5, 5.41) is 25.2. The van der Waals surface area contributed by atoms with Crippen molar-refractivity contribution >= 4 is 17.2 Å². The molecule has 2 aromatic heterocycles. The molecule has 2 heterocycles. The topological polar surface area (TPSA) is 98.2 Å². The number of nitrogens with one attached hydrogen (secondary N) is 1. The fraction of sp³-hybridized carbons (Fsp3) is 0.267. The monoisotopic (exact) mass is 348 g/mol. The number of halogens is 2. The van der Waals surface area contributed by atoms with Gasteiger partial charge in [0.1, 0.15) is 5.82 Å². The molecule has 10 heteroatoms. The number of nitro groups is 1. The van der Waals surface area contributed by atoms with Crippen LogP contribution in [0.15, 0.2) is 30.3 Å². The van der Waals surface area contributed by atoms with Crippen molar-refractivity contribution in [1.82, 2.24) is 19.8 Å². The molecule has 1 unspecified atom stereocenters. The lowest BCUT2D eigenvalue weighted by Gasteiger charge is -2.15. The minimum atomic E-state index is -2.80. The second-order valence-electron chi connectivity index (χ2n) is 5.52. The lowest BCUT2D eigenvalue weighted by Crippen LogP contribution is -2.10. The van der Waals surface area contributed by atoms with E-state index in [1.165, 1.54) is 12.1 Å². The average molecular weight is 348 g/mol. The van der Waals surface area contributed by atoms with Gasteiger partial charge >= 0.3 is 0 Å². The first-order chi connectivity index (χ1) is 11.9. The Labute approximate surface area is 140 Å². The molecule has 0 saturated heterocycles. The minimum Gasteiger partial charge on any atom is -0.362 e. The van der Waals surface area contributed by atoms with E-state index in [0.717, 1.165) is 4.52 Å². The number of aryl methyl sites for hydroxylation is 1. The fourth-order valence-corrected chi connectivity index (χ4v) is 2.42. The number of anilines is 1. The Morgan fingerprint density at radius 3 is 2.68 bits per heavy atom. The van der Waals surface area contributed by atoms with E-state index in [2.05, 4.69) is 20.6 Å². The highest BCUT2D eigenvalue weighted by Crippen LogP contribution is 2.25. The third-order valence-electron chi connectivity index (χ3n) is 3.78. The number of nitrogens with zero attached hydrogens (tertiary/aromatic N) is 5. The summed E-state index contributed by atoms with van der Waals surface area (Å²) in [6.07, 6.45) is -2.80. The third kappa shape index (κ3) is 3.23. The first kappa shape index (κ1) is 16.7. The first-order valence-corrected chi connectivity index (χ1v) is 7.39. The van der Waals surface area contributed by atoms with E-state index in [1.807, 2.05) is 0 Å². The molecule has 3 rings (SSSR count). The van der Waals surface area contributed by atoms with E-state index in [0.29, 0.717) is 16.9 Å². The van der Waals surface area contributed by atoms with Gasteiger partial charge in [-0.1, -0.05) is 12.1 Å². The molecular formula is C15H14F2N6O2. The molecule has 0 amide bonds. The molecule has 3 aromatic rings. The normalized spacial score (nSPS) is 12.5. The lowest BCUT2D eigenvalue weighted by atomic mass is 10.0. The Morgan fingerprint density at radius 2 is 2.00 bits per heavy atom. The zero-order valence-electron chi connectivity index (χ0n) is 13.3. The van der Waals surface area contributed by atoms with Gasteiger partial charge in [-0.15, -0.1) is 15.3 Å². The second kappa shape index (κ2) is 6.38. The molecule has 0 spiro atoms. The smallest absolute Gasteiger partial charge is 0.299 e. The van der Waals surface area contributed by atoms with E-state index in [9.17, 15) is 18.9 Å². The number of aromatic nitrogens is 4. The molecule has 8 nitrogen and oxygen atoms in total. The van der Waals surface area contributed by atoms with E-state index in [4.69, 9.17) is 0 Å². The SMILES string of the molecule is Cc1ccc(C(C)Nc2ccc3nnc(C(F)F)n3n2)cc1[N+](=O)[O-]. The van der Waals surface area contributed by atoms with Crippen LogP contribution in [0.25, 0.3) is 5.65 Å². The number of hydrogen-bond donors (Lipinski definition) is 1. The van der Waals surface area contributed by atoms with Crippen LogP contribution in [0.4, 0.5) is 20.3 Å². The largest absolute Gasteiger partial charge is 0.362 e. The van der Waals surface area contributed by atoms with Crippen LogP contribution in [-0.2, 0) is 0 Å². The van der Waals surface area contributed by atoms with Crippen molar-refractivity contribution in [2.75, 3.05) is 5.32 Å². The molecule has 1 N–H and O–H groups in total. The number of alkyl halides is 2. The predicted octanol–water partition coefficient (Wildman–Crippen LogP) is 3.45. The molecule has 0 aliphatic heterocycles. The van der Waals surface area contributed by atoms with Crippen LogP contribution in [0.1, 0.15) is 36.3 Å². The van der Waals surface area contributed by atoms with Crippen LogP contribution >= 0.6 is 0 Å². The van der Waals surface area contributed by atoms with Crippen molar-refractivity contribution < 1.29 is 13.7 Å². The first-order valence-electron chi connectivity index (χ1n) is 7.39. The van der Waals surface area contributed by atoms with Crippen LogP contribution in [-0.4, -0.2) is 24.7 Å². The summed E-state index contributed by atoms with van der Waals surface area (Å²) in [5.74, 6) is -0.220. The number of fused-ring (bicyclic) bond motifs is 1. The maximum atomic E-state index is 12.9. The zero-order chi connectivity index (χ0) is 18.1. The van der Waals surface area contributed by atoms with Crippen molar-refractivity contribution in [2.45, 2.75) is 26.3 Å². The third-order valence-corrected chi connectivity index (χ3v) is 3.78. The van der Waals surface area contributed by atoms with Crippen molar-refractivity contribution in [3.8, 4) is 0 Å². The van der Waals surface area contributed by atoms with Gasteiger partial charge in [-0.25, -0.2) is 8.78 Å². The van der Waals surface area contributed by atoms with Crippen LogP contribution < -0.4 is 5.32 Å². The van der Waals surface area contributed by atoms with Crippen molar-refractivity contribution in [2.24, 2.45) is 0 Å². The standard InChI is InChI=1S/C15H14F2N6O2/c1-8-3-4-10(7-11(8)23(24)25)9(2)18-12-5-6-13-19-20-15(14(16)17)22(13)21-12/h3-7,9,14H,1-2H3,(H,18,21). The molecule has 0 saturated carbocycles. The van der Waals surface area contributed by atoms with Crippen molar-refractivity contribution in [3.05, 3.63) is 57.4 Å². The molecule has 25 heavy (non-hydrogen) atoms. The van der Waals surface area contributed by atoms with Gasteiger partial charge < -0.3 is 5.32 Å². The molecule has 1 aromatic carbocycles. The Bertz CT molecular complexity index is 943. The Morgan fingerprint density at radius 1 is 1.24 bits per heavy atom. The van der Waals surface area contributed by atoms with Gasteiger partial charge in [0.05, 0.1) is 11.0 Å². The molecule has 0 aliphatic carbocycles. The fourth-order valence-electron chi connectivity index (χ4n) is 2.42. The zero-order valence-corrected chi connectivity index (χ0v) is 13.3. The summed E-state index contributed by atoms with van der Waals surface area (Å²) >= 11 is 0. The molecule has 0 radical (unpaired) electrons. The summed E-state index contributed by atoms with van der Waals surface area (Å²) < 4.78 is 26.8. The van der Waals surface area contributed by atoms with E-state index < -0.39 is 17.2 Å². The Hall–Kier alpha value is -3.17. The molecule has 1 atom stereocenters. The number of benzene rings is 1. The minimum absolute atomic E-state index is 0.0216. The summed E-state index contributed by atoms with van der Waals surface area (Å²) in [6.45, 7) is 3.45. The molecule has 0 bridgehead atoms. The number of rotatable bonds is 5. The molecular weight excluding hydrogens is 334 g/mol. The van der Waals surface area contributed by atoms with E-state index in [-0.39, 0.29) is 17.4 Å². The van der Waals surface area contributed by atoms with Gasteiger partial charge in [-0.05, 0) is 31.5 Å². The summed E-state index contributed by atoms with van der Waals surface area (Å²) in [7, 11) is 0. The van der Waals surface area contributed by atoms with Crippen LogP contribution in [0.2, 0.25) is 0 Å². The maximum Gasteiger partial charge on any atom is 0.299 e. The van der Waals surface area contributed by atoms with Gasteiger partial charge in [0.15, 0.2) is 5.65 Å². The summed E-state index contributed by atoms with van der Waals surface area (Å²) in [5.41, 5.74) is 1.47. The second-order valence-corrected chi connectivity index (χ2v) is 5.52.